The highest BCUT2D eigenvalue weighted by Crippen LogP contribution is 2.31. The predicted molar refractivity (Wildman–Crippen MR) is 139 cm³/mol. The Balaban J connectivity index is 1.43. The molecule has 1 aliphatic carbocycles. The SMILES string of the molecule is C[C@@H]1CN(C(=O)Oc2ccccc2Cl)CCN1C(=O)C(C1CCN(C)CC1)N(C)C1CCCCC1. The number of piperidine rings is 1. The molecule has 194 valence electrons. The molecule has 2 amide bonds. The van der Waals surface area contributed by atoms with Gasteiger partial charge in [-0.1, -0.05) is 43.0 Å². The fourth-order valence-electron chi connectivity index (χ4n) is 6.07. The van der Waals surface area contributed by atoms with E-state index >= 15 is 0 Å². The molecule has 1 saturated carbocycles. The number of hydrogen-bond donors (Lipinski definition) is 0. The number of carbonyl (C=O) groups is 2. The van der Waals surface area contributed by atoms with Crippen molar-refractivity contribution < 1.29 is 14.3 Å². The Morgan fingerprint density at radius 3 is 2.37 bits per heavy atom. The summed E-state index contributed by atoms with van der Waals surface area (Å²) in [6.45, 7) is 5.58. The van der Waals surface area contributed by atoms with Crippen LogP contribution in [0.3, 0.4) is 0 Å². The topological polar surface area (TPSA) is 56.3 Å². The lowest BCUT2D eigenvalue weighted by atomic mass is 9.85. The van der Waals surface area contributed by atoms with Gasteiger partial charge in [0.15, 0.2) is 5.75 Å². The molecule has 0 N–H and O–H groups in total. The minimum absolute atomic E-state index is 0.0661. The quantitative estimate of drug-likeness (QED) is 0.596. The van der Waals surface area contributed by atoms with Crippen molar-refractivity contribution in [1.29, 1.82) is 0 Å². The van der Waals surface area contributed by atoms with Gasteiger partial charge in [0.05, 0.1) is 11.1 Å². The minimum atomic E-state index is -0.414. The van der Waals surface area contributed by atoms with Crippen molar-refractivity contribution in [3.05, 3.63) is 29.3 Å². The Labute approximate surface area is 215 Å². The van der Waals surface area contributed by atoms with Gasteiger partial charge in [-0.3, -0.25) is 9.69 Å². The van der Waals surface area contributed by atoms with Gasteiger partial charge in [-0.25, -0.2) is 4.79 Å². The smallest absolute Gasteiger partial charge is 0.409 e. The van der Waals surface area contributed by atoms with E-state index in [1.165, 1.54) is 32.1 Å². The van der Waals surface area contributed by atoms with Crippen LogP contribution in [0.15, 0.2) is 24.3 Å². The maximum absolute atomic E-state index is 14.1. The number of carbonyl (C=O) groups excluding carboxylic acids is 2. The van der Waals surface area contributed by atoms with E-state index in [9.17, 15) is 9.59 Å². The summed E-state index contributed by atoms with van der Waals surface area (Å²) in [5.41, 5.74) is 0. The van der Waals surface area contributed by atoms with Gasteiger partial charge in [-0.05, 0) is 77.8 Å². The molecular formula is C27H41ClN4O3. The molecule has 4 rings (SSSR count). The molecule has 2 aliphatic heterocycles. The first kappa shape index (κ1) is 26.2. The van der Waals surface area contributed by atoms with Gasteiger partial charge in [0, 0.05) is 31.7 Å². The maximum Gasteiger partial charge on any atom is 0.415 e. The third kappa shape index (κ3) is 6.30. The summed E-state index contributed by atoms with van der Waals surface area (Å²) < 4.78 is 5.54. The third-order valence-corrected chi connectivity index (χ3v) is 8.57. The fraction of sp³-hybridized carbons (Fsp3) is 0.704. The number of nitrogens with zero attached hydrogens (tertiary/aromatic N) is 4. The highest BCUT2D eigenvalue weighted by molar-refractivity contribution is 6.32. The second kappa shape index (κ2) is 11.9. The van der Waals surface area contributed by atoms with Gasteiger partial charge < -0.3 is 19.4 Å². The van der Waals surface area contributed by atoms with Crippen LogP contribution in [0.4, 0.5) is 4.79 Å². The number of amides is 2. The first-order chi connectivity index (χ1) is 16.8. The number of ether oxygens (including phenoxy) is 1. The molecular weight excluding hydrogens is 464 g/mol. The second-order valence-electron chi connectivity index (χ2n) is 10.7. The molecule has 3 fully saturated rings. The van der Waals surface area contributed by atoms with Crippen LogP contribution in [-0.2, 0) is 4.79 Å². The van der Waals surface area contributed by atoms with E-state index in [0.717, 1.165) is 25.9 Å². The van der Waals surface area contributed by atoms with Crippen molar-refractivity contribution in [2.75, 3.05) is 46.8 Å². The molecule has 2 saturated heterocycles. The normalized spacial score (nSPS) is 24.0. The van der Waals surface area contributed by atoms with Crippen LogP contribution < -0.4 is 4.74 Å². The number of benzene rings is 1. The van der Waals surface area contributed by atoms with E-state index in [1.54, 1.807) is 29.2 Å². The Morgan fingerprint density at radius 1 is 1.03 bits per heavy atom. The Hall–Kier alpha value is -1.83. The van der Waals surface area contributed by atoms with Gasteiger partial charge in [-0.15, -0.1) is 0 Å². The zero-order valence-electron chi connectivity index (χ0n) is 21.5. The van der Waals surface area contributed by atoms with Gasteiger partial charge >= 0.3 is 6.09 Å². The number of likely N-dealkylation sites (N-methyl/N-ethyl adjacent to an activating group) is 1. The van der Waals surface area contributed by atoms with Gasteiger partial charge in [0.2, 0.25) is 5.91 Å². The number of rotatable bonds is 5. The van der Waals surface area contributed by atoms with Crippen LogP contribution >= 0.6 is 11.6 Å². The monoisotopic (exact) mass is 504 g/mol. The number of para-hydroxylation sites is 1. The van der Waals surface area contributed by atoms with E-state index in [4.69, 9.17) is 16.3 Å². The van der Waals surface area contributed by atoms with E-state index in [-0.39, 0.29) is 18.0 Å². The maximum atomic E-state index is 14.1. The van der Waals surface area contributed by atoms with Crippen molar-refractivity contribution in [3.8, 4) is 5.75 Å². The zero-order valence-corrected chi connectivity index (χ0v) is 22.3. The lowest BCUT2D eigenvalue weighted by Crippen LogP contribution is -2.62. The van der Waals surface area contributed by atoms with Crippen LogP contribution in [0, 0.1) is 5.92 Å². The number of hydrogen-bond acceptors (Lipinski definition) is 5. The summed E-state index contributed by atoms with van der Waals surface area (Å²) in [4.78, 5) is 35.4. The summed E-state index contributed by atoms with van der Waals surface area (Å²) >= 11 is 6.16. The zero-order chi connectivity index (χ0) is 24.9. The first-order valence-electron chi connectivity index (χ1n) is 13.3. The summed E-state index contributed by atoms with van der Waals surface area (Å²) in [6.07, 6.45) is 7.89. The number of halogens is 1. The van der Waals surface area contributed by atoms with E-state index < -0.39 is 6.09 Å². The molecule has 0 spiro atoms. The van der Waals surface area contributed by atoms with Crippen molar-refractivity contribution in [1.82, 2.24) is 19.6 Å². The van der Waals surface area contributed by atoms with Crippen LogP contribution in [0.25, 0.3) is 0 Å². The Kier molecular flexibility index (Phi) is 8.95. The summed E-state index contributed by atoms with van der Waals surface area (Å²) in [7, 11) is 4.35. The predicted octanol–water partition coefficient (Wildman–Crippen LogP) is 4.35. The van der Waals surface area contributed by atoms with Crippen molar-refractivity contribution >= 4 is 23.6 Å². The standard InChI is InChI=1S/C27H41ClN4O3/c1-20-19-31(27(34)35-24-12-8-7-11-23(24)28)17-18-32(20)26(33)25(21-13-15-29(2)16-14-21)30(3)22-9-5-4-6-10-22/h7-8,11-12,20-22,25H,4-6,9-10,13-19H2,1-3H3/t20-,25?/m1/s1. The second-order valence-corrected chi connectivity index (χ2v) is 11.1. The molecule has 1 aromatic carbocycles. The van der Waals surface area contributed by atoms with Crippen LogP contribution in [0.5, 0.6) is 5.75 Å². The largest absolute Gasteiger partial charge is 0.415 e. The van der Waals surface area contributed by atoms with Crippen LogP contribution in [-0.4, -0.2) is 96.5 Å². The molecule has 35 heavy (non-hydrogen) atoms. The molecule has 0 radical (unpaired) electrons. The van der Waals surface area contributed by atoms with E-state index in [1.807, 2.05) is 11.8 Å². The summed E-state index contributed by atoms with van der Waals surface area (Å²) in [5.74, 6) is 0.974. The molecule has 1 aromatic rings. The first-order valence-corrected chi connectivity index (χ1v) is 13.6. The van der Waals surface area contributed by atoms with Crippen LogP contribution in [0.1, 0.15) is 51.9 Å². The van der Waals surface area contributed by atoms with Gasteiger partial charge in [0.1, 0.15) is 0 Å². The van der Waals surface area contributed by atoms with E-state index in [2.05, 4.69) is 23.9 Å². The molecule has 0 aromatic heterocycles. The minimum Gasteiger partial charge on any atom is -0.409 e. The highest BCUT2D eigenvalue weighted by Gasteiger charge is 2.41. The van der Waals surface area contributed by atoms with Gasteiger partial charge in [-0.2, -0.15) is 0 Å². The van der Waals surface area contributed by atoms with Crippen molar-refractivity contribution in [2.45, 2.75) is 70.0 Å². The summed E-state index contributed by atoms with van der Waals surface area (Å²) in [6, 6.07) is 7.32. The molecule has 2 atom stereocenters. The Bertz CT molecular complexity index is 870. The molecule has 7 nitrogen and oxygen atoms in total. The average molecular weight is 505 g/mol. The lowest BCUT2D eigenvalue weighted by Gasteiger charge is -2.47. The van der Waals surface area contributed by atoms with Crippen molar-refractivity contribution in [3.63, 3.8) is 0 Å². The van der Waals surface area contributed by atoms with Gasteiger partial charge in [0.25, 0.3) is 0 Å². The van der Waals surface area contributed by atoms with Crippen molar-refractivity contribution in [2.24, 2.45) is 5.92 Å². The molecule has 3 aliphatic rings. The average Bonchev–Trinajstić information content (AvgIpc) is 2.87. The van der Waals surface area contributed by atoms with E-state index in [0.29, 0.717) is 42.4 Å². The Morgan fingerprint density at radius 2 is 1.71 bits per heavy atom. The lowest BCUT2D eigenvalue weighted by molar-refractivity contribution is -0.145. The molecule has 1 unspecified atom stereocenters. The fourth-order valence-corrected chi connectivity index (χ4v) is 6.25. The summed E-state index contributed by atoms with van der Waals surface area (Å²) in [5, 5.41) is 0.412. The third-order valence-electron chi connectivity index (χ3n) is 8.25. The molecule has 2 heterocycles. The molecule has 0 bridgehead atoms. The highest BCUT2D eigenvalue weighted by atomic mass is 35.5. The number of piperazine rings is 1. The van der Waals surface area contributed by atoms with Crippen LogP contribution in [0.2, 0.25) is 5.02 Å². The number of likely N-dealkylation sites (tertiary alicyclic amines) is 1. The molecule has 8 heteroatoms.